The van der Waals surface area contributed by atoms with E-state index >= 15 is 0 Å². The number of H-pyrrole nitrogens is 1. The lowest BCUT2D eigenvalue weighted by Gasteiger charge is -2.13. The minimum atomic E-state index is -3.77. The molecule has 0 atom stereocenters. The molecule has 0 saturated heterocycles. The smallest absolute Gasteiger partial charge is 0.257 e. The van der Waals surface area contributed by atoms with Crippen molar-refractivity contribution < 1.29 is 22.0 Å². The molecule has 11 heteroatoms. The van der Waals surface area contributed by atoms with E-state index in [0.717, 1.165) is 12.1 Å². The number of carbonyl (C=O) groups is 1. The number of para-hydroxylation sites is 1. The lowest BCUT2D eigenvalue weighted by Crippen LogP contribution is -2.17. The highest BCUT2D eigenvalue weighted by Crippen LogP contribution is 2.30. The topological polar surface area (TPSA) is 116 Å². The average Bonchev–Trinajstić information content (AvgIpc) is 3.22. The van der Waals surface area contributed by atoms with E-state index in [9.17, 15) is 22.0 Å². The largest absolute Gasteiger partial charge is 0.349 e. The van der Waals surface area contributed by atoms with Crippen LogP contribution in [-0.2, 0) is 10.0 Å². The van der Waals surface area contributed by atoms with E-state index < -0.39 is 27.3 Å². The zero-order valence-electron chi connectivity index (χ0n) is 18.0. The summed E-state index contributed by atoms with van der Waals surface area (Å²) in [6, 6.07) is 12.4. The van der Waals surface area contributed by atoms with Crippen LogP contribution in [0, 0.1) is 11.6 Å². The first-order valence-electron chi connectivity index (χ1n) is 10.4. The molecule has 4 rings (SSSR count). The van der Waals surface area contributed by atoms with Crippen molar-refractivity contribution in [1.82, 2.24) is 9.97 Å². The maximum Gasteiger partial charge on any atom is 0.257 e. The molecule has 2 aromatic heterocycles. The Kier molecular flexibility index (Phi) is 6.46. The Morgan fingerprint density at radius 2 is 1.85 bits per heavy atom. The number of rotatable bonds is 8. The SMILES string of the molecule is CCCS(=O)(=O)Nc1ccc(F)c(Nc2cnc3[nH]cc(C(=O)Nc4ccccc4)c3c2)c1F. The van der Waals surface area contributed by atoms with E-state index in [-0.39, 0.29) is 28.6 Å². The molecule has 8 nitrogen and oxygen atoms in total. The quantitative estimate of drug-likeness (QED) is 0.281. The number of amides is 1. The van der Waals surface area contributed by atoms with Gasteiger partial charge in [0.2, 0.25) is 10.0 Å². The van der Waals surface area contributed by atoms with Crippen molar-refractivity contribution in [2.24, 2.45) is 0 Å². The van der Waals surface area contributed by atoms with Crippen LogP contribution in [-0.4, -0.2) is 30.0 Å². The molecule has 0 aliphatic carbocycles. The van der Waals surface area contributed by atoms with Gasteiger partial charge in [0.1, 0.15) is 17.2 Å². The molecule has 0 radical (unpaired) electrons. The molecular weight excluding hydrogens is 464 g/mol. The van der Waals surface area contributed by atoms with Crippen molar-refractivity contribution in [3.8, 4) is 0 Å². The zero-order valence-corrected chi connectivity index (χ0v) is 18.8. The van der Waals surface area contributed by atoms with Gasteiger partial charge in [0.05, 0.1) is 28.9 Å². The van der Waals surface area contributed by atoms with E-state index in [1.165, 1.54) is 18.5 Å². The Hall–Kier alpha value is -3.99. The van der Waals surface area contributed by atoms with Crippen LogP contribution in [0.5, 0.6) is 0 Å². The van der Waals surface area contributed by atoms with Crippen molar-refractivity contribution in [2.45, 2.75) is 13.3 Å². The minimum Gasteiger partial charge on any atom is -0.349 e. The molecule has 1 amide bonds. The van der Waals surface area contributed by atoms with Gasteiger partial charge in [0.25, 0.3) is 5.91 Å². The molecule has 2 aromatic carbocycles. The molecular formula is C23H21F2N5O3S. The summed E-state index contributed by atoms with van der Waals surface area (Å²) in [4.78, 5) is 19.8. The van der Waals surface area contributed by atoms with Crippen LogP contribution in [0.3, 0.4) is 0 Å². The van der Waals surface area contributed by atoms with Crippen molar-refractivity contribution in [2.75, 3.05) is 21.1 Å². The van der Waals surface area contributed by atoms with Crippen molar-refractivity contribution in [1.29, 1.82) is 0 Å². The summed E-state index contributed by atoms with van der Waals surface area (Å²) in [5.41, 5.74) is 0.574. The first-order chi connectivity index (χ1) is 16.3. The van der Waals surface area contributed by atoms with E-state index in [0.29, 0.717) is 23.1 Å². The Morgan fingerprint density at radius 1 is 1.09 bits per heavy atom. The standard InChI is InChI=1S/C23H21F2N5O3S/c1-2-10-34(32,33)30-19-9-8-18(24)21(20(19)25)28-15-11-16-17(13-27-22(16)26-12-15)23(31)29-14-6-4-3-5-7-14/h3-9,11-13,28,30H,2,10H2,1H3,(H,26,27)(H,29,31). The fourth-order valence-corrected chi connectivity index (χ4v) is 4.49. The number of pyridine rings is 1. The van der Waals surface area contributed by atoms with E-state index in [1.54, 1.807) is 31.2 Å². The molecule has 0 bridgehead atoms. The second-order valence-electron chi connectivity index (χ2n) is 7.47. The molecule has 0 saturated carbocycles. The lowest BCUT2D eigenvalue weighted by molar-refractivity contribution is 0.102. The van der Waals surface area contributed by atoms with Gasteiger partial charge in [0, 0.05) is 17.3 Å². The molecule has 0 spiro atoms. The number of fused-ring (bicyclic) bond motifs is 1. The van der Waals surface area contributed by atoms with Crippen molar-refractivity contribution in [3.05, 3.63) is 78.1 Å². The Morgan fingerprint density at radius 3 is 2.59 bits per heavy atom. The highest BCUT2D eigenvalue weighted by atomic mass is 32.2. The van der Waals surface area contributed by atoms with Gasteiger partial charge in [-0.05, 0) is 36.8 Å². The molecule has 2 heterocycles. The summed E-state index contributed by atoms with van der Waals surface area (Å²) in [7, 11) is -3.77. The fraction of sp³-hybridized carbons (Fsp3) is 0.130. The predicted octanol–water partition coefficient (Wildman–Crippen LogP) is 4.99. The number of hydrogen-bond donors (Lipinski definition) is 4. The van der Waals surface area contributed by atoms with Gasteiger partial charge in [0.15, 0.2) is 5.82 Å². The van der Waals surface area contributed by atoms with E-state index in [2.05, 4.69) is 25.3 Å². The Bertz CT molecular complexity index is 1460. The molecule has 0 unspecified atom stereocenters. The molecule has 0 aliphatic rings. The molecule has 176 valence electrons. The van der Waals surface area contributed by atoms with Crippen molar-refractivity contribution in [3.63, 3.8) is 0 Å². The second kappa shape index (κ2) is 9.48. The summed E-state index contributed by atoms with van der Waals surface area (Å²) in [5, 5.41) is 5.80. The Balaban J connectivity index is 1.63. The molecule has 4 N–H and O–H groups in total. The van der Waals surface area contributed by atoms with Crippen LogP contribution in [0.4, 0.5) is 31.5 Å². The summed E-state index contributed by atoms with van der Waals surface area (Å²) in [6.07, 6.45) is 3.17. The van der Waals surface area contributed by atoms with Gasteiger partial charge >= 0.3 is 0 Å². The number of hydrogen-bond acceptors (Lipinski definition) is 5. The first kappa shape index (κ1) is 23.2. The van der Waals surface area contributed by atoms with Gasteiger partial charge in [-0.3, -0.25) is 9.52 Å². The third-order valence-corrected chi connectivity index (χ3v) is 6.38. The fourth-order valence-electron chi connectivity index (χ4n) is 3.36. The van der Waals surface area contributed by atoms with Crippen LogP contribution in [0.2, 0.25) is 0 Å². The van der Waals surface area contributed by atoms with Crippen LogP contribution in [0.1, 0.15) is 23.7 Å². The molecule has 0 aliphatic heterocycles. The maximum atomic E-state index is 15.0. The van der Waals surface area contributed by atoms with E-state index in [4.69, 9.17) is 0 Å². The maximum absolute atomic E-state index is 15.0. The predicted molar refractivity (Wildman–Crippen MR) is 128 cm³/mol. The summed E-state index contributed by atoms with van der Waals surface area (Å²) in [5.74, 6) is -2.61. The van der Waals surface area contributed by atoms with Gasteiger partial charge in [-0.25, -0.2) is 22.2 Å². The lowest BCUT2D eigenvalue weighted by atomic mass is 10.2. The molecule has 4 aromatic rings. The average molecular weight is 486 g/mol. The highest BCUT2D eigenvalue weighted by molar-refractivity contribution is 7.92. The normalized spacial score (nSPS) is 11.4. The third kappa shape index (κ3) is 4.99. The van der Waals surface area contributed by atoms with Crippen LogP contribution < -0.4 is 15.4 Å². The third-order valence-electron chi connectivity index (χ3n) is 4.91. The number of nitrogens with one attached hydrogen (secondary N) is 4. The summed E-state index contributed by atoms with van der Waals surface area (Å²) < 4.78 is 55.6. The van der Waals surface area contributed by atoms with Gasteiger partial charge in [-0.2, -0.15) is 0 Å². The van der Waals surface area contributed by atoms with Crippen LogP contribution >= 0.6 is 0 Å². The molecule has 34 heavy (non-hydrogen) atoms. The van der Waals surface area contributed by atoms with Crippen LogP contribution in [0.25, 0.3) is 11.0 Å². The monoisotopic (exact) mass is 485 g/mol. The number of halogens is 2. The van der Waals surface area contributed by atoms with Gasteiger partial charge in [-0.1, -0.05) is 25.1 Å². The minimum absolute atomic E-state index is 0.200. The first-order valence-corrected chi connectivity index (χ1v) is 12.0. The highest BCUT2D eigenvalue weighted by Gasteiger charge is 2.19. The van der Waals surface area contributed by atoms with Gasteiger partial charge in [-0.15, -0.1) is 0 Å². The number of anilines is 4. The summed E-state index contributed by atoms with van der Waals surface area (Å²) in [6.45, 7) is 1.67. The number of benzene rings is 2. The number of aromatic amines is 1. The van der Waals surface area contributed by atoms with E-state index in [1.807, 2.05) is 6.07 Å². The number of nitrogens with zero attached hydrogens (tertiary/aromatic N) is 1. The van der Waals surface area contributed by atoms with Crippen LogP contribution in [0.15, 0.2) is 60.9 Å². The zero-order chi connectivity index (χ0) is 24.3. The second-order valence-corrected chi connectivity index (χ2v) is 9.31. The Labute approximate surface area is 194 Å². The van der Waals surface area contributed by atoms with Gasteiger partial charge < -0.3 is 15.6 Å². The summed E-state index contributed by atoms with van der Waals surface area (Å²) >= 11 is 0. The number of aromatic nitrogens is 2. The van der Waals surface area contributed by atoms with Crippen molar-refractivity contribution >= 4 is 49.7 Å². The number of carbonyl (C=O) groups excluding carboxylic acids is 1. The number of sulfonamides is 1. The molecule has 0 fully saturated rings.